The Morgan fingerprint density at radius 2 is 1.79 bits per heavy atom. The lowest BCUT2D eigenvalue weighted by molar-refractivity contribution is -0.131. The number of halogens is 1. The standard InChI is InChI=1S/C22H22FN3O2/c23-19-8-6-18(7-9-19)22-24-20(28-25-22)14-17-10-12-26(13-11-17)21(27)15-16-4-2-1-3-5-16/h1-9,17H,10-15H2. The number of piperidine rings is 1. The quantitative estimate of drug-likeness (QED) is 0.675. The molecule has 144 valence electrons. The number of amides is 1. The summed E-state index contributed by atoms with van der Waals surface area (Å²) in [6.07, 6.45) is 3.01. The predicted molar refractivity (Wildman–Crippen MR) is 103 cm³/mol. The van der Waals surface area contributed by atoms with Crippen molar-refractivity contribution in [2.24, 2.45) is 5.92 Å². The Balaban J connectivity index is 1.29. The first-order valence-electron chi connectivity index (χ1n) is 9.57. The third-order valence-corrected chi connectivity index (χ3v) is 5.20. The molecule has 6 heteroatoms. The molecule has 1 fully saturated rings. The van der Waals surface area contributed by atoms with Crippen molar-refractivity contribution in [2.75, 3.05) is 13.1 Å². The van der Waals surface area contributed by atoms with Crippen LogP contribution in [0.3, 0.4) is 0 Å². The summed E-state index contributed by atoms with van der Waals surface area (Å²) < 4.78 is 18.4. The normalized spacial score (nSPS) is 15.0. The minimum Gasteiger partial charge on any atom is -0.342 e. The molecule has 5 nitrogen and oxygen atoms in total. The van der Waals surface area contributed by atoms with E-state index in [2.05, 4.69) is 10.1 Å². The van der Waals surface area contributed by atoms with E-state index in [1.54, 1.807) is 12.1 Å². The van der Waals surface area contributed by atoms with E-state index in [9.17, 15) is 9.18 Å². The van der Waals surface area contributed by atoms with Gasteiger partial charge in [0.15, 0.2) is 0 Å². The topological polar surface area (TPSA) is 59.2 Å². The summed E-state index contributed by atoms with van der Waals surface area (Å²) in [6, 6.07) is 15.9. The SMILES string of the molecule is O=C(Cc1ccccc1)N1CCC(Cc2nc(-c3ccc(F)cc3)no2)CC1. The van der Waals surface area contributed by atoms with Crippen molar-refractivity contribution in [3.05, 3.63) is 71.9 Å². The molecule has 2 heterocycles. The van der Waals surface area contributed by atoms with Crippen molar-refractivity contribution in [3.8, 4) is 11.4 Å². The van der Waals surface area contributed by atoms with Crippen molar-refractivity contribution in [1.29, 1.82) is 0 Å². The smallest absolute Gasteiger partial charge is 0.227 e. The fraction of sp³-hybridized carbons (Fsp3) is 0.318. The van der Waals surface area contributed by atoms with E-state index in [1.807, 2.05) is 35.2 Å². The van der Waals surface area contributed by atoms with Crippen molar-refractivity contribution < 1.29 is 13.7 Å². The van der Waals surface area contributed by atoms with Crippen molar-refractivity contribution in [3.63, 3.8) is 0 Å². The molecule has 3 aromatic rings. The molecule has 0 spiro atoms. The predicted octanol–water partition coefficient (Wildman–Crippen LogP) is 3.90. The van der Waals surface area contributed by atoms with E-state index in [4.69, 9.17) is 4.52 Å². The van der Waals surface area contributed by atoms with Crippen LogP contribution < -0.4 is 0 Å². The molecule has 1 aromatic heterocycles. The summed E-state index contributed by atoms with van der Waals surface area (Å²) in [5.74, 6) is 1.38. The summed E-state index contributed by atoms with van der Waals surface area (Å²) in [7, 11) is 0. The second kappa shape index (κ2) is 8.33. The van der Waals surface area contributed by atoms with Gasteiger partial charge in [-0.05, 0) is 48.6 Å². The van der Waals surface area contributed by atoms with Gasteiger partial charge in [-0.15, -0.1) is 0 Å². The average Bonchev–Trinajstić information content (AvgIpc) is 3.18. The lowest BCUT2D eigenvalue weighted by atomic mass is 9.93. The molecule has 0 radical (unpaired) electrons. The summed E-state index contributed by atoms with van der Waals surface area (Å²) in [5, 5.41) is 4.00. The van der Waals surface area contributed by atoms with Crippen LogP contribution >= 0.6 is 0 Å². The Morgan fingerprint density at radius 3 is 2.50 bits per heavy atom. The number of hydrogen-bond acceptors (Lipinski definition) is 4. The van der Waals surface area contributed by atoms with Gasteiger partial charge in [-0.2, -0.15) is 4.98 Å². The number of likely N-dealkylation sites (tertiary alicyclic amines) is 1. The number of carbonyl (C=O) groups is 1. The Labute approximate surface area is 163 Å². The van der Waals surface area contributed by atoms with Crippen LogP contribution in [0.5, 0.6) is 0 Å². The minimum atomic E-state index is -0.291. The zero-order valence-electron chi connectivity index (χ0n) is 15.6. The average molecular weight is 379 g/mol. The molecule has 0 aliphatic carbocycles. The highest BCUT2D eigenvalue weighted by molar-refractivity contribution is 5.78. The van der Waals surface area contributed by atoms with Crippen LogP contribution in [0.2, 0.25) is 0 Å². The van der Waals surface area contributed by atoms with Gasteiger partial charge in [0, 0.05) is 25.1 Å². The third kappa shape index (κ3) is 4.44. The molecule has 1 aliphatic heterocycles. The van der Waals surface area contributed by atoms with Crippen LogP contribution in [-0.2, 0) is 17.6 Å². The molecule has 2 aromatic carbocycles. The van der Waals surface area contributed by atoms with Crippen molar-refractivity contribution >= 4 is 5.91 Å². The van der Waals surface area contributed by atoms with E-state index < -0.39 is 0 Å². The first-order chi connectivity index (χ1) is 13.7. The van der Waals surface area contributed by atoms with Gasteiger partial charge >= 0.3 is 0 Å². The maximum absolute atomic E-state index is 13.0. The molecule has 1 amide bonds. The van der Waals surface area contributed by atoms with Gasteiger partial charge in [0.2, 0.25) is 17.6 Å². The van der Waals surface area contributed by atoms with E-state index in [0.29, 0.717) is 30.5 Å². The van der Waals surface area contributed by atoms with E-state index >= 15 is 0 Å². The van der Waals surface area contributed by atoms with E-state index in [1.165, 1.54) is 12.1 Å². The number of carbonyl (C=O) groups excluding carboxylic acids is 1. The first kappa shape index (κ1) is 18.3. The van der Waals surface area contributed by atoms with Crippen LogP contribution in [0.1, 0.15) is 24.3 Å². The van der Waals surface area contributed by atoms with E-state index in [0.717, 1.165) is 37.1 Å². The maximum Gasteiger partial charge on any atom is 0.227 e. The fourth-order valence-corrected chi connectivity index (χ4v) is 3.57. The van der Waals surface area contributed by atoms with Crippen molar-refractivity contribution in [1.82, 2.24) is 15.0 Å². The summed E-state index contributed by atoms with van der Waals surface area (Å²) in [6.45, 7) is 1.52. The first-order valence-corrected chi connectivity index (χ1v) is 9.57. The lowest BCUT2D eigenvalue weighted by Gasteiger charge is -2.31. The molecular weight excluding hydrogens is 357 g/mol. The highest BCUT2D eigenvalue weighted by Crippen LogP contribution is 2.23. The molecule has 1 aliphatic rings. The summed E-state index contributed by atoms with van der Waals surface area (Å²) >= 11 is 0. The largest absolute Gasteiger partial charge is 0.342 e. The second-order valence-corrected chi connectivity index (χ2v) is 7.21. The number of nitrogens with zero attached hydrogens (tertiary/aromatic N) is 3. The molecule has 1 saturated heterocycles. The molecule has 4 rings (SSSR count). The highest BCUT2D eigenvalue weighted by Gasteiger charge is 2.24. The molecule has 28 heavy (non-hydrogen) atoms. The zero-order chi connectivity index (χ0) is 19.3. The molecule has 0 bridgehead atoms. The zero-order valence-corrected chi connectivity index (χ0v) is 15.6. The van der Waals surface area contributed by atoms with Gasteiger partial charge in [0.05, 0.1) is 6.42 Å². The van der Waals surface area contributed by atoms with Gasteiger partial charge in [-0.1, -0.05) is 35.5 Å². The van der Waals surface area contributed by atoms with Gasteiger partial charge in [-0.25, -0.2) is 4.39 Å². The van der Waals surface area contributed by atoms with Gasteiger partial charge < -0.3 is 9.42 Å². The Morgan fingerprint density at radius 1 is 1.07 bits per heavy atom. The third-order valence-electron chi connectivity index (χ3n) is 5.20. The number of aromatic nitrogens is 2. The van der Waals surface area contributed by atoms with Crippen LogP contribution in [0.15, 0.2) is 59.1 Å². The summed E-state index contributed by atoms with van der Waals surface area (Å²) in [5.41, 5.74) is 1.78. The highest BCUT2D eigenvalue weighted by atomic mass is 19.1. The monoisotopic (exact) mass is 379 g/mol. The van der Waals surface area contributed by atoms with Crippen LogP contribution in [0.4, 0.5) is 4.39 Å². The molecule has 0 saturated carbocycles. The number of benzene rings is 2. The Kier molecular flexibility index (Phi) is 5.46. The maximum atomic E-state index is 13.0. The minimum absolute atomic E-state index is 0.182. The number of rotatable bonds is 5. The Hall–Kier alpha value is -3.02. The van der Waals surface area contributed by atoms with Gasteiger partial charge in [0.1, 0.15) is 5.82 Å². The fourth-order valence-electron chi connectivity index (χ4n) is 3.57. The molecule has 0 atom stereocenters. The van der Waals surface area contributed by atoms with Crippen LogP contribution in [0.25, 0.3) is 11.4 Å². The lowest BCUT2D eigenvalue weighted by Crippen LogP contribution is -2.39. The number of hydrogen-bond donors (Lipinski definition) is 0. The van der Waals surface area contributed by atoms with Gasteiger partial charge in [0.25, 0.3) is 0 Å². The van der Waals surface area contributed by atoms with Crippen LogP contribution in [0, 0.1) is 11.7 Å². The molecule has 0 N–H and O–H groups in total. The van der Waals surface area contributed by atoms with Gasteiger partial charge in [-0.3, -0.25) is 4.79 Å². The van der Waals surface area contributed by atoms with Crippen LogP contribution in [-0.4, -0.2) is 34.0 Å². The second-order valence-electron chi connectivity index (χ2n) is 7.21. The Bertz CT molecular complexity index is 916. The van der Waals surface area contributed by atoms with E-state index in [-0.39, 0.29) is 11.7 Å². The molecule has 0 unspecified atom stereocenters. The molecular formula is C22H22FN3O2. The van der Waals surface area contributed by atoms with Crippen molar-refractivity contribution in [2.45, 2.75) is 25.7 Å². The summed E-state index contributed by atoms with van der Waals surface area (Å²) in [4.78, 5) is 18.9.